The first-order valence-corrected chi connectivity index (χ1v) is 5.57. The summed E-state index contributed by atoms with van der Waals surface area (Å²) in [5.74, 6) is -2.16. The molecule has 1 aliphatic rings. The van der Waals surface area contributed by atoms with Crippen molar-refractivity contribution in [2.24, 2.45) is 11.7 Å². The Morgan fingerprint density at radius 1 is 1.41 bits per heavy atom. The highest BCUT2D eigenvalue weighted by atomic mass is 19.1. The number of rotatable bonds is 2. The molecule has 1 fully saturated rings. The molecule has 5 heteroatoms. The molecule has 1 aliphatic heterocycles. The van der Waals surface area contributed by atoms with E-state index in [0.717, 1.165) is 12.5 Å². The van der Waals surface area contributed by atoms with E-state index in [1.807, 2.05) is 0 Å². The van der Waals surface area contributed by atoms with E-state index in [2.05, 4.69) is 5.32 Å². The first-order valence-electron chi connectivity index (χ1n) is 5.57. The number of nitrogens with one attached hydrogen (secondary N) is 1. The van der Waals surface area contributed by atoms with E-state index in [9.17, 15) is 13.6 Å². The van der Waals surface area contributed by atoms with Crippen LogP contribution in [0.15, 0.2) is 18.2 Å². The molecule has 0 saturated carbocycles. The Hall–Kier alpha value is -1.49. The zero-order valence-electron chi connectivity index (χ0n) is 9.25. The SMILES string of the molecule is NC(=O)C1CCCNC1c1ccc(F)cc1F. The second-order valence-corrected chi connectivity index (χ2v) is 4.25. The second kappa shape index (κ2) is 4.79. The molecule has 0 aliphatic carbocycles. The van der Waals surface area contributed by atoms with Gasteiger partial charge in [-0.3, -0.25) is 4.79 Å². The molecule has 17 heavy (non-hydrogen) atoms. The van der Waals surface area contributed by atoms with Crippen LogP contribution in [-0.2, 0) is 4.79 Å². The summed E-state index contributed by atoms with van der Waals surface area (Å²) in [6.45, 7) is 0.700. The van der Waals surface area contributed by atoms with Crippen LogP contribution in [0.5, 0.6) is 0 Å². The van der Waals surface area contributed by atoms with E-state index in [1.54, 1.807) is 0 Å². The Balaban J connectivity index is 2.32. The molecule has 92 valence electrons. The predicted molar refractivity (Wildman–Crippen MR) is 59.0 cm³/mol. The lowest BCUT2D eigenvalue weighted by molar-refractivity contribution is -0.123. The molecule has 1 heterocycles. The lowest BCUT2D eigenvalue weighted by Crippen LogP contribution is -2.41. The maximum Gasteiger partial charge on any atom is 0.222 e. The van der Waals surface area contributed by atoms with Crippen LogP contribution in [0.2, 0.25) is 0 Å². The van der Waals surface area contributed by atoms with Crippen molar-refractivity contribution in [3.63, 3.8) is 0 Å². The summed E-state index contributed by atoms with van der Waals surface area (Å²) in [6.07, 6.45) is 1.46. The van der Waals surface area contributed by atoms with Gasteiger partial charge in [0, 0.05) is 17.7 Å². The number of piperidine rings is 1. The number of nitrogens with two attached hydrogens (primary N) is 1. The standard InChI is InChI=1S/C12H14F2N2O/c13-7-3-4-8(10(14)6-7)11-9(12(15)17)2-1-5-16-11/h3-4,6,9,11,16H,1-2,5H2,(H2,15,17). The fraction of sp³-hybridized carbons (Fsp3) is 0.417. The minimum atomic E-state index is -0.643. The molecule has 0 aromatic heterocycles. The molecule has 1 saturated heterocycles. The normalized spacial score (nSPS) is 24.6. The molecule has 1 aromatic rings. The summed E-state index contributed by atoms with van der Waals surface area (Å²) >= 11 is 0. The summed E-state index contributed by atoms with van der Waals surface area (Å²) in [4.78, 5) is 11.3. The van der Waals surface area contributed by atoms with Crippen molar-refractivity contribution in [1.29, 1.82) is 0 Å². The average Bonchev–Trinajstić information content (AvgIpc) is 2.29. The maximum absolute atomic E-state index is 13.6. The van der Waals surface area contributed by atoms with Gasteiger partial charge < -0.3 is 11.1 Å². The van der Waals surface area contributed by atoms with E-state index in [4.69, 9.17) is 5.73 Å². The third-order valence-electron chi connectivity index (χ3n) is 3.12. The zero-order chi connectivity index (χ0) is 12.4. The number of primary amides is 1. The zero-order valence-corrected chi connectivity index (χ0v) is 9.25. The summed E-state index contributed by atoms with van der Waals surface area (Å²) in [5.41, 5.74) is 5.60. The van der Waals surface area contributed by atoms with Gasteiger partial charge in [-0.05, 0) is 25.5 Å². The molecule has 0 spiro atoms. The highest BCUT2D eigenvalue weighted by Gasteiger charge is 2.31. The average molecular weight is 240 g/mol. The number of carbonyl (C=O) groups excluding carboxylic acids is 1. The molecule has 2 unspecified atom stereocenters. The molecule has 0 bridgehead atoms. The largest absolute Gasteiger partial charge is 0.369 e. The van der Waals surface area contributed by atoms with Crippen molar-refractivity contribution in [1.82, 2.24) is 5.32 Å². The predicted octanol–water partition coefficient (Wildman–Crippen LogP) is 1.49. The van der Waals surface area contributed by atoms with Gasteiger partial charge in [-0.15, -0.1) is 0 Å². The number of carbonyl (C=O) groups is 1. The van der Waals surface area contributed by atoms with Gasteiger partial charge in [-0.25, -0.2) is 8.78 Å². The molecule has 1 amide bonds. The third kappa shape index (κ3) is 2.44. The maximum atomic E-state index is 13.6. The van der Waals surface area contributed by atoms with Gasteiger partial charge in [0.15, 0.2) is 0 Å². The summed E-state index contributed by atoms with van der Waals surface area (Å²) in [7, 11) is 0. The molecular formula is C12H14F2N2O. The molecule has 2 atom stereocenters. The van der Waals surface area contributed by atoms with Gasteiger partial charge in [0.05, 0.1) is 5.92 Å². The van der Waals surface area contributed by atoms with Gasteiger partial charge in [0.25, 0.3) is 0 Å². The van der Waals surface area contributed by atoms with Crippen LogP contribution in [0, 0.1) is 17.6 Å². The van der Waals surface area contributed by atoms with Crippen molar-refractivity contribution in [2.45, 2.75) is 18.9 Å². The van der Waals surface area contributed by atoms with Crippen molar-refractivity contribution < 1.29 is 13.6 Å². The Morgan fingerprint density at radius 3 is 2.82 bits per heavy atom. The van der Waals surface area contributed by atoms with Gasteiger partial charge in [-0.1, -0.05) is 6.07 Å². The lowest BCUT2D eigenvalue weighted by Gasteiger charge is -2.31. The highest BCUT2D eigenvalue weighted by molar-refractivity contribution is 5.77. The Bertz CT molecular complexity index is 437. The Kier molecular flexibility index (Phi) is 3.38. The second-order valence-electron chi connectivity index (χ2n) is 4.25. The number of amides is 1. The van der Waals surface area contributed by atoms with E-state index in [0.29, 0.717) is 18.5 Å². The monoisotopic (exact) mass is 240 g/mol. The number of halogens is 2. The van der Waals surface area contributed by atoms with Crippen molar-refractivity contribution in [3.8, 4) is 0 Å². The van der Waals surface area contributed by atoms with E-state index in [-0.39, 0.29) is 0 Å². The van der Waals surface area contributed by atoms with Crippen LogP contribution < -0.4 is 11.1 Å². The minimum Gasteiger partial charge on any atom is -0.369 e. The lowest BCUT2D eigenvalue weighted by atomic mass is 9.85. The Morgan fingerprint density at radius 2 is 2.18 bits per heavy atom. The van der Waals surface area contributed by atoms with E-state index in [1.165, 1.54) is 12.1 Å². The molecule has 3 nitrogen and oxygen atoms in total. The van der Waals surface area contributed by atoms with Gasteiger partial charge in [0.2, 0.25) is 5.91 Å². The van der Waals surface area contributed by atoms with Crippen LogP contribution in [0.3, 0.4) is 0 Å². The Labute approximate surface area is 98.0 Å². The van der Waals surface area contributed by atoms with Gasteiger partial charge in [0.1, 0.15) is 11.6 Å². The highest BCUT2D eigenvalue weighted by Crippen LogP contribution is 2.30. The first-order chi connectivity index (χ1) is 8.09. The number of benzene rings is 1. The van der Waals surface area contributed by atoms with Gasteiger partial charge in [-0.2, -0.15) is 0 Å². The first kappa shape index (κ1) is 12.0. The van der Waals surface area contributed by atoms with Crippen LogP contribution in [0.1, 0.15) is 24.4 Å². The van der Waals surface area contributed by atoms with Crippen LogP contribution in [0.25, 0.3) is 0 Å². The van der Waals surface area contributed by atoms with Crippen molar-refractivity contribution >= 4 is 5.91 Å². The van der Waals surface area contributed by atoms with E-state index < -0.39 is 29.5 Å². The van der Waals surface area contributed by atoms with E-state index >= 15 is 0 Å². The molecule has 3 N–H and O–H groups in total. The quantitative estimate of drug-likeness (QED) is 0.823. The summed E-state index contributed by atoms with van der Waals surface area (Å²) < 4.78 is 26.5. The minimum absolute atomic E-state index is 0.301. The number of hydrogen-bond acceptors (Lipinski definition) is 2. The van der Waals surface area contributed by atoms with Crippen LogP contribution >= 0.6 is 0 Å². The topological polar surface area (TPSA) is 55.1 Å². The fourth-order valence-corrected chi connectivity index (χ4v) is 2.28. The third-order valence-corrected chi connectivity index (χ3v) is 3.12. The summed E-state index contributed by atoms with van der Waals surface area (Å²) in [6, 6.07) is 2.92. The van der Waals surface area contributed by atoms with Crippen molar-refractivity contribution in [2.75, 3.05) is 6.54 Å². The smallest absolute Gasteiger partial charge is 0.222 e. The fourth-order valence-electron chi connectivity index (χ4n) is 2.28. The molecule has 0 radical (unpaired) electrons. The summed E-state index contributed by atoms with van der Waals surface area (Å²) in [5, 5.41) is 3.06. The van der Waals surface area contributed by atoms with Crippen LogP contribution in [0.4, 0.5) is 8.78 Å². The molecule has 1 aromatic carbocycles. The van der Waals surface area contributed by atoms with Crippen LogP contribution in [-0.4, -0.2) is 12.5 Å². The molecule has 2 rings (SSSR count). The van der Waals surface area contributed by atoms with Gasteiger partial charge >= 0.3 is 0 Å². The number of hydrogen-bond donors (Lipinski definition) is 2. The molecular weight excluding hydrogens is 226 g/mol. The van der Waals surface area contributed by atoms with Crippen molar-refractivity contribution in [3.05, 3.63) is 35.4 Å².